The van der Waals surface area contributed by atoms with E-state index in [9.17, 15) is 0 Å². The van der Waals surface area contributed by atoms with E-state index in [4.69, 9.17) is 13.3 Å². The van der Waals surface area contributed by atoms with Gasteiger partial charge in [0.1, 0.15) is 33.5 Å². The molecule has 17 aromatic rings. The number of benzene rings is 14. The molecule has 0 saturated carbocycles. The highest BCUT2D eigenvalue weighted by atomic mass is 16.3. The molecule has 0 amide bonds. The molecule has 0 saturated heterocycles. The lowest BCUT2D eigenvalue weighted by Gasteiger charge is -2.18. The average molecular weight is 953 g/mol. The first-order chi connectivity index (χ1) is 37.2. The fourth-order valence-electron chi connectivity index (χ4n) is 13.1. The molecule has 3 heterocycles. The van der Waals surface area contributed by atoms with Gasteiger partial charge < -0.3 is 13.3 Å². The van der Waals surface area contributed by atoms with Crippen molar-refractivity contribution in [2.45, 2.75) is 0 Å². The maximum Gasteiger partial charge on any atom is 0.136 e. The predicted octanol–water partition coefficient (Wildman–Crippen LogP) is 21.0. The van der Waals surface area contributed by atoms with E-state index < -0.39 is 0 Å². The van der Waals surface area contributed by atoms with Gasteiger partial charge in [-0.05, 0) is 164 Å². The van der Waals surface area contributed by atoms with Crippen molar-refractivity contribution in [2.24, 2.45) is 0 Å². The molecule has 0 bridgehead atoms. The Kier molecular flexibility index (Phi) is 8.28. The van der Waals surface area contributed by atoms with Crippen LogP contribution >= 0.6 is 0 Å². The highest BCUT2D eigenvalue weighted by Gasteiger charge is 2.24. The lowest BCUT2D eigenvalue weighted by Crippen LogP contribution is -1.91. The number of fused-ring (bicyclic) bond motifs is 17. The predicted molar refractivity (Wildman–Crippen MR) is 315 cm³/mol. The van der Waals surface area contributed by atoms with E-state index >= 15 is 0 Å². The standard InChI is InChI=1S/C72H40O3/c1-3-16-46-41(14-1)29-36-63-70(46)58-38-43(31-34-60(58)73-63)66-48-18-5-7-20-50(48)68(51-21-8-6-19-49(51)66)45-28-33-56-65(40-45)75-62-27-13-26-57(72(56)62)69-54-24-11-9-22-52(54)67(53-23-10-12-25-55(53)69)44-32-35-61-59(39-44)71-47-17-4-2-15-42(47)30-37-64(71)74-61/h1-40H. The minimum Gasteiger partial charge on any atom is -0.456 e. The Morgan fingerprint density at radius 1 is 0.187 bits per heavy atom. The number of rotatable bonds is 4. The van der Waals surface area contributed by atoms with Crippen molar-refractivity contribution in [3.05, 3.63) is 243 Å². The van der Waals surface area contributed by atoms with E-state index in [2.05, 4.69) is 243 Å². The Morgan fingerprint density at radius 2 is 0.547 bits per heavy atom. The van der Waals surface area contributed by atoms with Crippen LogP contribution in [0, 0.1) is 0 Å². The number of furan rings is 3. The fraction of sp³-hybridized carbons (Fsp3) is 0. The minimum atomic E-state index is 0.857. The van der Waals surface area contributed by atoms with Gasteiger partial charge in [-0.15, -0.1) is 0 Å². The van der Waals surface area contributed by atoms with Crippen molar-refractivity contribution >= 4 is 130 Å². The van der Waals surface area contributed by atoms with Gasteiger partial charge in [-0.2, -0.15) is 0 Å². The molecule has 0 spiro atoms. The monoisotopic (exact) mass is 952 g/mol. The Labute approximate surface area is 428 Å². The largest absolute Gasteiger partial charge is 0.456 e. The summed E-state index contributed by atoms with van der Waals surface area (Å²) in [5.41, 5.74) is 14.7. The maximum absolute atomic E-state index is 6.99. The van der Waals surface area contributed by atoms with Crippen molar-refractivity contribution in [1.29, 1.82) is 0 Å². The molecule has 3 aromatic heterocycles. The van der Waals surface area contributed by atoms with E-state index in [0.29, 0.717) is 0 Å². The Morgan fingerprint density at radius 3 is 1.01 bits per heavy atom. The third-order valence-electron chi connectivity index (χ3n) is 16.2. The highest BCUT2D eigenvalue weighted by molar-refractivity contribution is 6.28. The van der Waals surface area contributed by atoms with Crippen LogP contribution in [0.1, 0.15) is 0 Å². The molecule has 346 valence electrons. The van der Waals surface area contributed by atoms with Gasteiger partial charge in [-0.3, -0.25) is 0 Å². The average Bonchev–Trinajstić information content (AvgIpc) is 4.17. The topological polar surface area (TPSA) is 39.4 Å². The third-order valence-corrected chi connectivity index (χ3v) is 16.2. The quantitative estimate of drug-likeness (QED) is 0.165. The molecule has 75 heavy (non-hydrogen) atoms. The molecule has 0 aliphatic rings. The molecule has 0 unspecified atom stereocenters. The summed E-state index contributed by atoms with van der Waals surface area (Å²) < 4.78 is 19.9. The van der Waals surface area contributed by atoms with Crippen LogP contribution in [0.2, 0.25) is 0 Å². The summed E-state index contributed by atoms with van der Waals surface area (Å²) in [6.07, 6.45) is 0. The summed E-state index contributed by atoms with van der Waals surface area (Å²) in [6.45, 7) is 0. The summed E-state index contributed by atoms with van der Waals surface area (Å²) in [4.78, 5) is 0. The lowest BCUT2D eigenvalue weighted by molar-refractivity contribution is 0.669. The zero-order chi connectivity index (χ0) is 48.9. The summed E-state index contributed by atoms with van der Waals surface area (Å²) in [7, 11) is 0. The van der Waals surface area contributed by atoms with Gasteiger partial charge in [0.05, 0.1) is 0 Å². The molecule has 14 aromatic carbocycles. The van der Waals surface area contributed by atoms with Gasteiger partial charge >= 0.3 is 0 Å². The summed E-state index contributed by atoms with van der Waals surface area (Å²) >= 11 is 0. The molecule has 17 rings (SSSR count). The molecule has 3 heteroatoms. The van der Waals surface area contributed by atoms with Crippen LogP contribution in [0.15, 0.2) is 256 Å². The van der Waals surface area contributed by atoms with Crippen LogP contribution in [0.5, 0.6) is 0 Å². The van der Waals surface area contributed by atoms with Gasteiger partial charge in [0.2, 0.25) is 0 Å². The molecular formula is C72H40O3. The summed E-state index contributed by atoms with van der Waals surface area (Å²) in [6, 6.07) is 88.1. The highest BCUT2D eigenvalue weighted by Crippen LogP contribution is 2.50. The second-order valence-electron chi connectivity index (χ2n) is 20.1. The second kappa shape index (κ2) is 15.3. The van der Waals surface area contributed by atoms with Crippen molar-refractivity contribution in [3.63, 3.8) is 0 Å². The fourth-order valence-corrected chi connectivity index (χ4v) is 13.1. The second-order valence-corrected chi connectivity index (χ2v) is 20.1. The zero-order valence-electron chi connectivity index (χ0n) is 40.3. The van der Waals surface area contributed by atoms with Crippen LogP contribution in [0.25, 0.3) is 175 Å². The van der Waals surface area contributed by atoms with Crippen LogP contribution in [-0.2, 0) is 0 Å². The first-order valence-corrected chi connectivity index (χ1v) is 25.7. The van der Waals surface area contributed by atoms with Crippen LogP contribution in [-0.4, -0.2) is 0 Å². The Balaban J connectivity index is 0.855. The number of hydrogen-bond donors (Lipinski definition) is 0. The molecule has 0 atom stereocenters. The van der Waals surface area contributed by atoms with E-state index in [0.717, 1.165) is 88.1 Å². The van der Waals surface area contributed by atoms with E-state index in [1.807, 2.05) is 0 Å². The molecule has 0 radical (unpaired) electrons. The third kappa shape index (κ3) is 5.75. The van der Waals surface area contributed by atoms with E-state index in [1.165, 1.54) is 86.9 Å². The van der Waals surface area contributed by atoms with Gasteiger partial charge in [0, 0.05) is 32.3 Å². The SMILES string of the molecule is c1ccc2c(c1)ccc1oc3ccc(-c4c5ccccc5c(-c5ccc6c(c5)oc5cccc(-c7c8ccccc8c(-c8ccc9oc%10ccc%11ccccc%11c%10c9c8)c8ccccc78)c56)c5ccccc45)cc3c12. The van der Waals surface area contributed by atoms with E-state index in [1.54, 1.807) is 0 Å². The first-order valence-electron chi connectivity index (χ1n) is 25.7. The van der Waals surface area contributed by atoms with Gasteiger partial charge in [-0.1, -0.05) is 188 Å². The molecule has 0 N–H and O–H groups in total. The van der Waals surface area contributed by atoms with Crippen molar-refractivity contribution in [1.82, 2.24) is 0 Å². The summed E-state index contributed by atoms with van der Waals surface area (Å²) in [5, 5.41) is 21.1. The van der Waals surface area contributed by atoms with Gasteiger partial charge in [0.15, 0.2) is 0 Å². The minimum absolute atomic E-state index is 0.857. The Bertz CT molecular complexity index is 5200. The van der Waals surface area contributed by atoms with Gasteiger partial charge in [-0.25, -0.2) is 0 Å². The van der Waals surface area contributed by atoms with Crippen molar-refractivity contribution in [2.75, 3.05) is 0 Å². The van der Waals surface area contributed by atoms with Crippen LogP contribution < -0.4 is 0 Å². The molecule has 0 fully saturated rings. The molecule has 0 aliphatic carbocycles. The normalized spacial score (nSPS) is 12.3. The summed E-state index contributed by atoms with van der Waals surface area (Å²) in [5.74, 6) is 0. The smallest absolute Gasteiger partial charge is 0.136 e. The maximum atomic E-state index is 6.99. The van der Waals surface area contributed by atoms with Gasteiger partial charge in [0.25, 0.3) is 0 Å². The molecular weight excluding hydrogens is 913 g/mol. The Hall–Kier alpha value is -9.96. The van der Waals surface area contributed by atoms with E-state index in [-0.39, 0.29) is 0 Å². The van der Waals surface area contributed by atoms with Crippen molar-refractivity contribution < 1.29 is 13.3 Å². The molecule has 3 nitrogen and oxygen atoms in total. The van der Waals surface area contributed by atoms with Crippen LogP contribution in [0.3, 0.4) is 0 Å². The first kappa shape index (κ1) is 40.6. The zero-order valence-corrected chi connectivity index (χ0v) is 40.3. The van der Waals surface area contributed by atoms with Crippen LogP contribution in [0.4, 0.5) is 0 Å². The molecule has 0 aliphatic heterocycles. The van der Waals surface area contributed by atoms with Crippen molar-refractivity contribution in [3.8, 4) is 44.5 Å². The lowest BCUT2D eigenvalue weighted by atomic mass is 9.84. The number of hydrogen-bond acceptors (Lipinski definition) is 3.